The van der Waals surface area contributed by atoms with Crippen molar-refractivity contribution in [2.45, 2.75) is 0 Å². The zero-order chi connectivity index (χ0) is 14.1. The molecule has 3 aromatic rings. The van der Waals surface area contributed by atoms with Crippen LogP contribution in [0.25, 0.3) is 22.9 Å². The summed E-state index contributed by atoms with van der Waals surface area (Å²) < 4.78 is 6.56. The number of hydrogen-bond acceptors (Lipinski definition) is 3. The molecule has 20 heavy (non-hydrogen) atoms. The zero-order valence-corrected chi connectivity index (χ0v) is 13.1. The van der Waals surface area contributed by atoms with Crippen molar-refractivity contribution in [3.63, 3.8) is 0 Å². The summed E-state index contributed by atoms with van der Waals surface area (Å²) in [7, 11) is 0. The minimum absolute atomic E-state index is 0.336. The van der Waals surface area contributed by atoms with Crippen LogP contribution in [0.15, 0.2) is 51.4 Å². The molecule has 0 radical (unpaired) electrons. The van der Waals surface area contributed by atoms with Crippen molar-refractivity contribution >= 4 is 39.1 Å². The van der Waals surface area contributed by atoms with Crippen molar-refractivity contribution in [2.75, 3.05) is 0 Å². The van der Waals surface area contributed by atoms with Crippen molar-refractivity contribution in [2.24, 2.45) is 0 Å². The molecule has 0 unspecified atom stereocenters. The molecule has 0 saturated heterocycles. The van der Waals surface area contributed by atoms with Gasteiger partial charge in [0.05, 0.1) is 16.1 Å². The van der Waals surface area contributed by atoms with Gasteiger partial charge in [-0.15, -0.1) is 10.2 Å². The van der Waals surface area contributed by atoms with Gasteiger partial charge in [-0.3, -0.25) is 0 Å². The molecule has 100 valence electrons. The third-order valence-corrected chi connectivity index (χ3v) is 3.94. The molecule has 6 heteroatoms. The van der Waals surface area contributed by atoms with Crippen LogP contribution in [0, 0.1) is 0 Å². The molecular formula is C14H7BrCl2N2O. The molecule has 0 bridgehead atoms. The van der Waals surface area contributed by atoms with Crippen LogP contribution in [0.3, 0.4) is 0 Å². The Balaban J connectivity index is 2.07. The van der Waals surface area contributed by atoms with E-state index < -0.39 is 0 Å². The van der Waals surface area contributed by atoms with Gasteiger partial charge in [0.15, 0.2) is 0 Å². The van der Waals surface area contributed by atoms with E-state index in [9.17, 15) is 0 Å². The predicted molar refractivity (Wildman–Crippen MR) is 82.9 cm³/mol. The largest absolute Gasteiger partial charge is 0.416 e. The number of nitrogens with zero attached hydrogens (tertiary/aromatic N) is 2. The number of benzene rings is 2. The standard InChI is InChI=1S/C14H7BrCl2N2O/c15-11-4-2-1-3-9(11)13-18-19-14(20-13)10-7-8(16)5-6-12(10)17/h1-7H. The van der Waals surface area contributed by atoms with Gasteiger partial charge in [-0.1, -0.05) is 35.3 Å². The van der Waals surface area contributed by atoms with Gasteiger partial charge in [0.2, 0.25) is 11.8 Å². The van der Waals surface area contributed by atoms with E-state index in [1.165, 1.54) is 0 Å². The average Bonchev–Trinajstić information content (AvgIpc) is 2.91. The first-order chi connectivity index (χ1) is 9.65. The highest BCUT2D eigenvalue weighted by Crippen LogP contribution is 2.33. The summed E-state index contributed by atoms with van der Waals surface area (Å²) in [4.78, 5) is 0. The van der Waals surface area contributed by atoms with Gasteiger partial charge >= 0.3 is 0 Å². The minimum atomic E-state index is 0.336. The van der Waals surface area contributed by atoms with Crippen LogP contribution in [0.1, 0.15) is 0 Å². The molecule has 0 N–H and O–H groups in total. The number of hydrogen-bond donors (Lipinski definition) is 0. The number of aromatic nitrogens is 2. The fraction of sp³-hybridized carbons (Fsp3) is 0. The van der Waals surface area contributed by atoms with Crippen molar-refractivity contribution in [3.05, 3.63) is 57.0 Å². The van der Waals surface area contributed by atoms with E-state index in [4.69, 9.17) is 27.6 Å². The summed E-state index contributed by atoms with van der Waals surface area (Å²) in [6.07, 6.45) is 0. The van der Waals surface area contributed by atoms with Gasteiger partial charge in [-0.25, -0.2) is 0 Å². The SMILES string of the molecule is Clc1ccc(Cl)c(-c2nnc(-c3ccccc3Br)o2)c1. The highest BCUT2D eigenvalue weighted by molar-refractivity contribution is 9.10. The Kier molecular flexibility index (Phi) is 3.78. The number of halogens is 3. The lowest BCUT2D eigenvalue weighted by Crippen LogP contribution is -1.79. The van der Waals surface area contributed by atoms with Gasteiger partial charge < -0.3 is 4.42 Å². The van der Waals surface area contributed by atoms with E-state index in [1.807, 2.05) is 24.3 Å². The molecule has 3 nitrogen and oxygen atoms in total. The van der Waals surface area contributed by atoms with Crippen LogP contribution in [0.5, 0.6) is 0 Å². The maximum Gasteiger partial charge on any atom is 0.249 e. The lowest BCUT2D eigenvalue weighted by atomic mass is 10.2. The second kappa shape index (κ2) is 5.56. The monoisotopic (exact) mass is 368 g/mol. The van der Waals surface area contributed by atoms with E-state index in [-0.39, 0.29) is 0 Å². The van der Waals surface area contributed by atoms with Crippen LogP contribution in [0.2, 0.25) is 10.0 Å². The van der Waals surface area contributed by atoms with E-state index in [2.05, 4.69) is 26.1 Å². The Labute approximate surface area is 133 Å². The fourth-order valence-corrected chi connectivity index (χ4v) is 2.56. The van der Waals surface area contributed by atoms with E-state index in [1.54, 1.807) is 18.2 Å². The summed E-state index contributed by atoms with van der Waals surface area (Å²) in [5.41, 5.74) is 1.44. The Bertz CT molecular complexity index is 773. The van der Waals surface area contributed by atoms with E-state index in [0.717, 1.165) is 10.0 Å². The molecule has 0 spiro atoms. The van der Waals surface area contributed by atoms with Crippen LogP contribution in [0.4, 0.5) is 0 Å². The Morgan fingerprint density at radius 1 is 0.900 bits per heavy atom. The zero-order valence-electron chi connectivity index (χ0n) is 9.98. The topological polar surface area (TPSA) is 38.9 Å². The third-order valence-electron chi connectivity index (χ3n) is 2.69. The molecule has 0 aliphatic carbocycles. The highest BCUT2D eigenvalue weighted by Gasteiger charge is 2.15. The molecular weight excluding hydrogens is 363 g/mol. The van der Waals surface area contributed by atoms with E-state index in [0.29, 0.717) is 27.4 Å². The highest BCUT2D eigenvalue weighted by atomic mass is 79.9. The maximum atomic E-state index is 6.12. The van der Waals surface area contributed by atoms with Crippen molar-refractivity contribution in [3.8, 4) is 22.9 Å². The van der Waals surface area contributed by atoms with Gasteiger partial charge in [0, 0.05) is 9.50 Å². The van der Waals surface area contributed by atoms with Gasteiger partial charge in [-0.2, -0.15) is 0 Å². The van der Waals surface area contributed by atoms with Crippen molar-refractivity contribution in [1.82, 2.24) is 10.2 Å². The second-order valence-electron chi connectivity index (χ2n) is 4.02. The molecule has 3 rings (SSSR count). The third kappa shape index (κ3) is 2.59. The van der Waals surface area contributed by atoms with Gasteiger partial charge in [0.25, 0.3) is 0 Å². The normalized spacial score (nSPS) is 10.8. The molecule has 0 amide bonds. The molecule has 1 aromatic heterocycles. The quantitative estimate of drug-likeness (QED) is 0.600. The molecule has 0 saturated carbocycles. The summed E-state index contributed by atoms with van der Waals surface area (Å²) >= 11 is 15.5. The average molecular weight is 370 g/mol. The minimum Gasteiger partial charge on any atom is -0.416 e. The van der Waals surface area contributed by atoms with Crippen LogP contribution in [-0.4, -0.2) is 10.2 Å². The smallest absolute Gasteiger partial charge is 0.249 e. The summed E-state index contributed by atoms with van der Waals surface area (Å²) in [5.74, 6) is 0.756. The molecule has 0 aliphatic heterocycles. The first-order valence-corrected chi connectivity index (χ1v) is 7.24. The maximum absolute atomic E-state index is 6.12. The summed E-state index contributed by atoms with van der Waals surface area (Å²) in [5, 5.41) is 9.14. The molecule has 1 heterocycles. The molecule has 0 fully saturated rings. The van der Waals surface area contributed by atoms with Crippen LogP contribution >= 0.6 is 39.1 Å². The molecule has 0 aliphatic rings. The Morgan fingerprint density at radius 2 is 1.60 bits per heavy atom. The lowest BCUT2D eigenvalue weighted by Gasteiger charge is -2.00. The second-order valence-corrected chi connectivity index (χ2v) is 5.71. The molecule has 0 atom stereocenters. The van der Waals surface area contributed by atoms with Gasteiger partial charge in [0.1, 0.15) is 0 Å². The van der Waals surface area contributed by atoms with Crippen LogP contribution < -0.4 is 0 Å². The van der Waals surface area contributed by atoms with Gasteiger partial charge in [-0.05, 0) is 46.3 Å². The first kappa shape index (κ1) is 13.6. The fourth-order valence-electron chi connectivity index (χ4n) is 1.74. The lowest BCUT2D eigenvalue weighted by molar-refractivity contribution is 0.584. The summed E-state index contributed by atoms with van der Waals surface area (Å²) in [6.45, 7) is 0. The summed E-state index contributed by atoms with van der Waals surface area (Å²) in [6, 6.07) is 12.7. The first-order valence-electron chi connectivity index (χ1n) is 5.69. The van der Waals surface area contributed by atoms with Crippen LogP contribution in [-0.2, 0) is 0 Å². The molecule has 2 aromatic carbocycles. The van der Waals surface area contributed by atoms with Crippen molar-refractivity contribution < 1.29 is 4.42 Å². The van der Waals surface area contributed by atoms with E-state index >= 15 is 0 Å². The Hall–Kier alpha value is -1.36. The predicted octanol–water partition coefficient (Wildman–Crippen LogP) is 5.47. The Morgan fingerprint density at radius 3 is 2.35 bits per heavy atom. The number of rotatable bonds is 2. The van der Waals surface area contributed by atoms with Crippen molar-refractivity contribution in [1.29, 1.82) is 0 Å².